The van der Waals surface area contributed by atoms with Crippen molar-refractivity contribution in [1.29, 1.82) is 0 Å². The molecule has 0 unspecified atom stereocenters. The average molecular weight is 227 g/mol. The predicted molar refractivity (Wildman–Crippen MR) is 57.6 cm³/mol. The minimum Gasteiger partial charge on any atom is -0.212 e. The lowest BCUT2D eigenvalue weighted by molar-refractivity contribution is 0.587. The Morgan fingerprint density at radius 2 is 1.38 bits per heavy atom. The van der Waals surface area contributed by atoms with Crippen LogP contribution in [0.4, 0.5) is 0 Å². The van der Waals surface area contributed by atoms with Gasteiger partial charge in [0.2, 0.25) is 9.05 Å². The van der Waals surface area contributed by atoms with Crippen LogP contribution in [0.15, 0.2) is 0 Å². The van der Waals surface area contributed by atoms with Gasteiger partial charge in [-0.15, -0.1) is 0 Å². The second-order valence-corrected chi connectivity index (χ2v) is 6.26. The molecule has 0 bridgehead atoms. The van der Waals surface area contributed by atoms with Crippen molar-refractivity contribution in [1.82, 2.24) is 0 Å². The first-order valence-corrected chi connectivity index (χ1v) is 7.46. The fraction of sp³-hybridized carbons (Fsp3) is 1.00. The van der Waals surface area contributed by atoms with Crippen molar-refractivity contribution in [3.8, 4) is 0 Å². The molecule has 0 N–H and O–H groups in total. The molecule has 2 nitrogen and oxygen atoms in total. The zero-order valence-corrected chi connectivity index (χ0v) is 9.83. The van der Waals surface area contributed by atoms with Gasteiger partial charge < -0.3 is 0 Å². The Hall–Kier alpha value is 0.240. The van der Waals surface area contributed by atoms with Gasteiger partial charge in [0, 0.05) is 10.7 Å². The summed E-state index contributed by atoms with van der Waals surface area (Å²) >= 11 is 0. The highest BCUT2D eigenvalue weighted by Crippen LogP contribution is 2.08. The Kier molecular flexibility index (Phi) is 7.77. The summed E-state index contributed by atoms with van der Waals surface area (Å²) in [6, 6.07) is 0. The van der Waals surface area contributed by atoms with Crippen molar-refractivity contribution in [3.63, 3.8) is 0 Å². The van der Waals surface area contributed by atoms with E-state index in [1.54, 1.807) is 0 Å². The maximum Gasteiger partial charge on any atom is 0.232 e. The van der Waals surface area contributed by atoms with Crippen molar-refractivity contribution in [2.24, 2.45) is 0 Å². The molecule has 0 aromatic rings. The summed E-state index contributed by atoms with van der Waals surface area (Å²) in [6.07, 6.45) is 7.84. The summed E-state index contributed by atoms with van der Waals surface area (Å²) in [5.41, 5.74) is 0. The number of rotatable bonds is 8. The molecular weight excluding hydrogens is 208 g/mol. The zero-order valence-electron chi connectivity index (χ0n) is 8.26. The molecule has 0 saturated carbocycles. The Balaban J connectivity index is 3.09. The van der Waals surface area contributed by atoms with Crippen LogP contribution in [-0.4, -0.2) is 14.2 Å². The summed E-state index contributed by atoms with van der Waals surface area (Å²) in [4.78, 5) is 0. The molecule has 0 saturated heterocycles. The first-order chi connectivity index (χ1) is 6.06. The van der Waals surface area contributed by atoms with E-state index in [4.69, 9.17) is 10.7 Å². The van der Waals surface area contributed by atoms with Gasteiger partial charge in [-0.3, -0.25) is 0 Å². The van der Waals surface area contributed by atoms with Crippen LogP contribution in [0.25, 0.3) is 0 Å². The van der Waals surface area contributed by atoms with Gasteiger partial charge in [0.05, 0.1) is 5.75 Å². The highest BCUT2D eigenvalue weighted by atomic mass is 35.7. The van der Waals surface area contributed by atoms with E-state index in [9.17, 15) is 8.42 Å². The predicted octanol–water partition coefficient (Wildman–Crippen LogP) is 3.31. The second kappa shape index (κ2) is 7.63. The molecule has 0 aliphatic carbocycles. The van der Waals surface area contributed by atoms with Gasteiger partial charge >= 0.3 is 0 Å². The monoisotopic (exact) mass is 226 g/mol. The van der Waals surface area contributed by atoms with E-state index >= 15 is 0 Å². The minimum absolute atomic E-state index is 0.127. The van der Waals surface area contributed by atoms with Crippen LogP contribution in [-0.2, 0) is 9.05 Å². The molecule has 0 aromatic heterocycles. The number of halogens is 1. The molecule has 0 atom stereocenters. The number of hydrogen-bond donors (Lipinski definition) is 0. The van der Waals surface area contributed by atoms with Crippen molar-refractivity contribution in [2.75, 3.05) is 5.75 Å². The fourth-order valence-corrected chi connectivity index (χ4v) is 2.11. The number of unbranched alkanes of at least 4 members (excludes halogenated alkanes) is 6. The van der Waals surface area contributed by atoms with Gasteiger partial charge in [0.1, 0.15) is 0 Å². The Labute approximate surface area is 86.1 Å². The highest BCUT2D eigenvalue weighted by Gasteiger charge is 2.03. The van der Waals surface area contributed by atoms with Crippen molar-refractivity contribution in [3.05, 3.63) is 0 Å². The molecule has 0 rings (SSSR count). The maximum absolute atomic E-state index is 10.5. The molecular formula is C9H19ClO2S. The Bertz CT molecular complexity index is 200. The molecule has 0 fully saturated rings. The van der Waals surface area contributed by atoms with Crippen molar-refractivity contribution >= 4 is 19.7 Å². The van der Waals surface area contributed by atoms with Crippen LogP contribution >= 0.6 is 10.7 Å². The third-order valence-corrected chi connectivity index (χ3v) is 3.23. The molecule has 80 valence electrons. The summed E-state index contributed by atoms with van der Waals surface area (Å²) in [7, 11) is 1.82. The molecule has 0 aliphatic rings. The second-order valence-electron chi connectivity index (χ2n) is 3.36. The van der Waals surface area contributed by atoms with Gasteiger partial charge in [-0.05, 0) is 6.42 Å². The van der Waals surface area contributed by atoms with Crippen LogP contribution in [0.1, 0.15) is 51.9 Å². The molecule has 0 radical (unpaired) electrons. The van der Waals surface area contributed by atoms with Crippen LogP contribution < -0.4 is 0 Å². The van der Waals surface area contributed by atoms with Gasteiger partial charge in [0.25, 0.3) is 0 Å². The van der Waals surface area contributed by atoms with E-state index < -0.39 is 9.05 Å². The zero-order chi connectivity index (χ0) is 10.2. The topological polar surface area (TPSA) is 34.1 Å². The maximum atomic E-state index is 10.5. The van der Waals surface area contributed by atoms with Crippen LogP contribution in [0.2, 0.25) is 0 Å². The minimum atomic E-state index is -3.25. The summed E-state index contributed by atoms with van der Waals surface area (Å²) in [6.45, 7) is 2.18. The summed E-state index contributed by atoms with van der Waals surface area (Å²) in [5, 5.41) is 0. The first kappa shape index (κ1) is 13.2. The normalized spacial score (nSPS) is 11.8. The van der Waals surface area contributed by atoms with E-state index in [1.165, 1.54) is 25.7 Å². The molecule has 4 heteroatoms. The molecule has 13 heavy (non-hydrogen) atoms. The Morgan fingerprint density at radius 3 is 1.85 bits per heavy atom. The van der Waals surface area contributed by atoms with Crippen LogP contribution in [0.3, 0.4) is 0 Å². The molecule has 0 spiro atoms. The molecule has 0 aliphatic heterocycles. The standard InChI is InChI=1S/C9H19ClO2S/c1-2-3-4-5-6-7-8-9-13(10,11)12/h2-9H2,1H3. The quantitative estimate of drug-likeness (QED) is 0.470. The molecule has 0 amide bonds. The van der Waals surface area contributed by atoms with E-state index in [2.05, 4.69) is 6.92 Å². The lowest BCUT2D eigenvalue weighted by Crippen LogP contribution is -1.96. The van der Waals surface area contributed by atoms with Crippen LogP contribution in [0.5, 0.6) is 0 Å². The average Bonchev–Trinajstić information content (AvgIpc) is 2.01. The van der Waals surface area contributed by atoms with Crippen molar-refractivity contribution < 1.29 is 8.42 Å². The fourth-order valence-electron chi connectivity index (χ4n) is 1.23. The van der Waals surface area contributed by atoms with Gasteiger partial charge in [-0.25, -0.2) is 8.42 Å². The highest BCUT2D eigenvalue weighted by molar-refractivity contribution is 8.13. The third-order valence-electron chi connectivity index (χ3n) is 1.99. The van der Waals surface area contributed by atoms with E-state index in [1.807, 2.05) is 0 Å². The SMILES string of the molecule is CCCCCCCCCS(=O)(=O)Cl. The summed E-state index contributed by atoms with van der Waals surface area (Å²) < 4.78 is 21.1. The lowest BCUT2D eigenvalue weighted by atomic mass is 10.1. The van der Waals surface area contributed by atoms with Gasteiger partial charge in [0.15, 0.2) is 0 Å². The largest absolute Gasteiger partial charge is 0.232 e. The van der Waals surface area contributed by atoms with Crippen LogP contribution in [0, 0.1) is 0 Å². The number of hydrogen-bond acceptors (Lipinski definition) is 2. The third kappa shape index (κ3) is 12.2. The van der Waals surface area contributed by atoms with Gasteiger partial charge in [-0.1, -0.05) is 45.4 Å². The smallest absolute Gasteiger partial charge is 0.212 e. The van der Waals surface area contributed by atoms with E-state index in [-0.39, 0.29) is 5.75 Å². The Morgan fingerprint density at radius 1 is 0.923 bits per heavy atom. The molecule has 0 heterocycles. The lowest BCUT2D eigenvalue weighted by Gasteiger charge is -1.99. The first-order valence-electron chi connectivity index (χ1n) is 4.98. The van der Waals surface area contributed by atoms with E-state index in [0.717, 1.165) is 12.8 Å². The molecule has 0 aromatic carbocycles. The summed E-state index contributed by atoms with van der Waals surface area (Å²) in [5.74, 6) is 0.127. The van der Waals surface area contributed by atoms with Gasteiger partial charge in [-0.2, -0.15) is 0 Å². The van der Waals surface area contributed by atoms with Crippen molar-refractivity contribution in [2.45, 2.75) is 51.9 Å². The van der Waals surface area contributed by atoms with E-state index in [0.29, 0.717) is 6.42 Å².